The van der Waals surface area contributed by atoms with Crippen molar-refractivity contribution >= 4 is 38.9 Å². The summed E-state index contributed by atoms with van der Waals surface area (Å²) < 4.78 is 32.0. The predicted molar refractivity (Wildman–Crippen MR) is 118 cm³/mol. The number of carbonyl (C=O) groups is 2. The Kier molecular flexibility index (Phi) is 9.01. The summed E-state index contributed by atoms with van der Waals surface area (Å²) in [6.07, 6.45) is 1.69. The van der Waals surface area contributed by atoms with E-state index in [1.165, 1.54) is 15.2 Å². The molecule has 0 spiro atoms. The molecule has 0 saturated carbocycles. The second kappa shape index (κ2) is 11.2. The number of ether oxygens (including phenoxy) is 1. The lowest BCUT2D eigenvalue weighted by molar-refractivity contribution is -0.147. The van der Waals surface area contributed by atoms with Crippen LogP contribution in [0.1, 0.15) is 37.1 Å². The molecule has 0 aliphatic heterocycles. The summed E-state index contributed by atoms with van der Waals surface area (Å²) in [4.78, 5) is 25.3. The van der Waals surface area contributed by atoms with Crippen molar-refractivity contribution in [1.82, 2.24) is 4.31 Å². The van der Waals surface area contributed by atoms with Gasteiger partial charge in [-0.2, -0.15) is 4.31 Å². The fraction of sp³-hybridized carbons (Fsp3) is 0.429. The summed E-state index contributed by atoms with van der Waals surface area (Å²) >= 11 is 1.64. The molecule has 2 aromatic rings. The van der Waals surface area contributed by atoms with E-state index >= 15 is 0 Å². The van der Waals surface area contributed by atoms with Gasteiger partial charge in [0.15, 0.2) is 6.61 Å². The first-order chi connectivity index (χ1) is 14.3. The second-order valence-electron chi connectivity index (χ2n) is 6.71. The van der Waals surface area contributed by atoms with Crippen molar-refractivity contribution in [3.63, 3.8) is 0 Å². The standard InChI is InChI=1S/C21H28N2O5S2/c1-4-23(5-2)30(26,27)19-14-17(12-11-16(19)3)22-20(24)15-28-21(25)10-6-8-18-9-7-13-29-18/h7,9,11-14H,4-6,8,10,15H2,1-3H3,(H,22,24). The van der Waals surface area contributed by atoms with E-state index < -0.39 is 28.5 Å². The maximum Gasteiger partial charge on any atom is 0.306 e. The van der Waals surface area contributed by atoms with Crippen molar-refractivity contribution in [2.75, 3.05) is 25.0 Å². The zero-order valence-electron chi connectivity index (χ0n) is 17.5. The third-order valence-corrected chi connectivity index (χ3v) is 7.67. The highest BCUT2D eigenvalue weighted by Gasteiger charge is 2.24. The van der Waals surface area contributed by atoms with E-state index in [2.05, 4.69) is 5.32 Å². The number of carbonyl (C=O) groups excluding carboxylic acids is 2. The molecule has 1 N–H and O–H groups in total. The van der Waals surface area contributed by atoms with Crippen LogP contribution >= 0.6 is 11.3 Å². The fourth-order valence-corrected chi connectivity index (χ4v) is 5.40. The van der Waals surface area contributed by atoms with Gasteiger partial charge >= 0.3 is 5.97 Å². The molecule has 0 saturated heterocycles. The van der Waals surface area contributed by atoms with Crippen molar-refractivity contribution in [1.29, 1.82) is 0 Å². The van der Waals surface area contributed by atoms with E-state index in [9.17, 15) is 18.0 Å². The van der Waals surface area contributed by atoms with Gasteiger partial charge in [0.05, 0.1) is 4.90 Å². The molecular weight excluding hydrogens is 424 g/mol. The van der Waals surface area contributed by atoms with Crippen LogP contribution in [0.15, 0.2) is 40.6 Å². The SMILES string of the molecule is CCN(CC)S(=O)(=O)c1cc(NC(=O)COC(=O)CCCc2cccs2)ccc1C. The second-order valence-corrected chi connectivity index (χ2v) is 9.65. The normalized spacial score (nSPS) is 11.5. The van der Waals surface area contributed by atoms with Gasteiger partial charge in [-0.05, 0) is 48.9 Å². The number of sulfonamides is 1. The number of aryl methyl sites for hydroxylation is 2. The van der Waals surface area contributed by atoms with Gasteiger partial charge < -0.3 is 10.1 Å². The number of esters is 1. The first kappa shape index (κ1) is 24.0. The molecule has 0 bridgehead atoms. The van der Waals surface area contributed by atoms with E-state index in [0.29, 0.717) is 30.8 Å². The average Bonchev–Trinajstić information content (AvgIpc) is 3.22. The van der Waals surface area contributed by atoms with Gasteiger partial charge in [0.1, 0.15) is 0 Å². The smallest absolute Gasteiger partial charge is 0.306 e. The van der Waals surface area contributed by atoms with Crippen molar-refractivity contribution in [2.45, 2.75) is 44.9 Å². The quantitative estimate of drug-likeness (QED) is 0.526. The van der Waals surface area contributed by atoms with Gasteiger partial charge in [-0.3, -0.25) is 9.59 Å². The number of benzene rings is 1. The highest BCUT2D eigenvalue weighted by Crippen LogP contribution is 2.23. The molecule has 7 nitrogen and oxygen atoms in total. The van der Waals surface area contributed by atoms with E-state index in [4.69, 9.17) is 4.74 Å². The lowest BCUT2D eigenvalue weighted by Crippen LogP contribution is -2.31. The third kappa shape index (κ3) is 6.65. The van der Waals surface area contributed by atoms with Crippen LogP contribution in [-0.2, 0) is 30.8 Å². The van der Waals surface area contributed by atoms with Crippen LogP contribution in [0.2, 0.25) is 0 Å². The minimum Gasteiger partial charge on any atom is -0.456 e. The molecule has 0 radical (unpaired) electrons. The minimum atomic E-state index is -3.65. The topological polar surface area (TPSA) is 92.8 Å². The molecule has 1 heterocycles. The number of hydrogen-bond acceptors (Lipinski definition) is 6. The summed E-state index contributed by atoms with van der Waals surface area (Å²) in [5, 5.41) is 4.58. The fourth-order valence-electron chi connectivity index (χ4n) is 2.94. The van der Waals surface area contributed by atoms with Crippen molar-refractivity contribution in [3.05, 3.63) is 46.2 Å². The summed E-state index contributed by atoms with van der Waals surface area (Å²) in [6.45, 7) is 5.56. The third-order valence-electron chi connectivity index (χ3n) is 4.54. The monoisotopic (exact) mass is 452 g/mol. The van der Waals surface area contributed by atoms with Crippen LogP contribution in [-0.4, -0.2) is 44.3 Å². The molecule has 9 heteroatoms. The van der Waals surface area contributed by atoms with Crippen LogP contribution in [0, 0.1) is 6.92 Å². The molecule has 164 valence electrons. The van der Waals surface area contributed by atoms with E-state index in [1.807, 2.05) is 17.5 Å². The van der Waals surface area contributed by atoms with Crippen LogP contribution < -0.4 is 5.32 Å². The minimum absolute atomic E-state index is 0.148. The van der Waals surface area contributed by atoms with Crippen molar-refractivity contribution < 1.29 is 22.7 Å². The molecule has 30 heavy (non-hydrogen) atoms. The van der Waals surface area contributed by atoms with Crippen molar-refractivity contribution in [2.24, 2.45) is 0 Å². The Bertz CT molecular complexity index is 952. The molecule has 0 aliphatic rings. The largest absolute Gasteiger partial charge is 0.456 e. The molecule has 1 aromatic carbocycles. The molecule has 1 amide bonds. The van der Waals surface area contributed by atoms with Gasteiger partial charge in [-0.15, -0.1) is 11.3 Å². The maximum atomic E-state index is 12.8. The average molecular weight is 453 g/mol. The Hall–Kier alpha value is -2.23. The van der Waals surface area contributed by atoms with Crippen LogP contribution in [0.3, 0.4) is 0 Å². The Morgan fingerprint density at radius 2 is 1.90 bits per heavy atom. The number of nitrogens with one attached hydrogen (secondary N) is 1. The van der Waals surface area contributed by atoms with Gasteiger partial charge in [-0.25, -0.2) is 8.42 Å². The Morgan fingerprint density at radius 1 is 1.17 bits per heavy atom. The summed E-state index contributed by atoms with van der Waals surface area (Å²) in [5.74, 6) is -0.952. The lowest BCUT2D eigenvalue weighted by atomic mass is 10.2. The zero-order valence-corrected chi connectivity index (χ0v) is 19.1. The lowest BCUT2D eigenvalue weighted by Gasteiger charge is -2.20. The van der Waals surface area contributed by atoms with Crippen LogP contribution in [0.25, 0.3) is 0 Å². The Morgan fingerprint density at radius 3 is 2.53 bits per heavy atom. The molecule has 0 unspecified atom stereocenters. The summed E-state index contributed by atoms with van der Waals surface area (Å²) in [7, 11) is -3.65. The summed E-state index contributed by atoms with van der Waals surface area (Å²) in [6, 6.07) is 8.68. The van der Waals surface area contributed by atoms with Gasteiger partial charge in [0.25, 0.3) is 5.91 Å². The molecule has 0 fully saturated rings. The van der Waals surface area contributed by atoms with Gasteiger partial charge in [0.2, 0.25) is 10.0 Å². The molecule has 0 atom stereocenters. The number of thiophene rings is 1. The van der Waals surface area contributed by atoms with E-state index in [-0.39, 0.29) is 11.3 Å². The molecule has 2 rings (SSSR count). The number of amides is 1. The number of nitrogens with zero attached hydrogens (tertiary/aromatic N) is 1. The Balaban J connectivity index is 1.89. The Labute approximate surface area is 182 Å². The highest BCUT2D eigenvalue weighted by molar-refractivity contribution is 7.89. The number of rotatable bonds is 11. The summed E-state index contributed by atoms with van der Waals surface area (Å²) in [5.41, 5.74) is 0.933. The van der Waals surface area contributed by atoms with Crippen molar-refractivity contribution in [3.8, 4) is 0 Å². The first-order valence-corrected chi connectivity index (χ1v) is 12.2. The predicted octanol–water partition coefficient (Wildman–Crippen LogP) is 3.59. The van der Waals surface area contributed by atoms with Crippen LogP contribution in [0.4, 0.5) is 5.69 Å². The first-order valence-electron chi connectivity index (χ1n) is 9.86. The molecular formula is C21H28N2O5S2. The van der Waals surface area contributed by atoms with Gasteiger partial charge in [-0.1, -0.05) is 26.0 Å². The maximum absolute atomic E-state index is 12.8. The van der Waals surface area contributed by atoms with Crippen LogP contribution in [0.5, 0.6) is 0 Å². The zero-order chi connectivity index (χ0) is 22.1. The number of hydrogen-bond donors (Lipinski definition) is 1. The number of anilines is 1. The van der Waals surface area contributed by atoms with E-state index in [1.54, 1.807) is 44.2 Å². The van der Waals surface area contributed by atoms with E-state index in [0.717, 1.165) is 6.42 Å². The highest BCUT2D eigenvalue weighted by atomic mass is 32.2. The molecule has 1 aromatic heterocycles. The molecule has 0 aliphatic carbocycles. The van der Waals surface area contributed by atoms with Gasteiger partial charge in [0, 0.05) is 30.1 Å².